The lowest BCUT2D eigenvalue weighted by molar-refractivity contribution is -0.143. The first-order valence-corrected chi connectivity index (χ1v) is 11.4. The molecule has 3 heterocycles. The summed E-state index contributed by atoms with van der Waals surface area (Å²) in [5.74, 6) is -0.728. The number of nitrogens with zero attached hydrogens (tertiary/aromatic N) is 4. The van der Waals surface area contributed by atoms with E-state index in [1.54, 1.807) is 44.5 Å². The first-order chi connectivity index (χ1) is 17.6. The Morgan fingerprint density at radius 3 is 2.49 bits per heavy atom. The second-order valence-corrected chi connectivity index (χ2v) is 8.73. The van der Waals surface area contributed by atoms with Crippen LogP contribution in [-0.2, 0) is 17.5 Å². The van der Waals surface area contributed by atoms with Crippen molar-refractivity contribution in [2.45, 2.75) is 19.6 Å². The molecule has 0 bridgehead atoms. The van der Waals surface area contributed by atoms with Crippen molar-refractivity contribution in [1.82, 2.24) is 19.2 Å². The zero-order chi connectivity index (χ0) is 26.5. The number of carbonyl (C=O) groups is 2. The summed E-state index contributed by atoms with van der Waals surface area (Å²) in [5, 5.41) is 4.68. The minimum absolute atomic E-state index is 0.00540. The van der Waals surface area contributed by atoms with Crippen LogP contribution in [0.5, 0.6) is 5.75 Å². The minimum atomic E-state index is -4.91. The van der Waals surface area contributed by atoms with E-state index in [-0.39, 0.29) is 28.4 Å². The molecule has 190 valence electrons. The molecule has 11 heteroatoms. The van der Waals surface area contributed by atoms with Gasteiger partial charge in [-0.2, -0.15) is 18.3 Å². The second-order valence-electron chi connectivity index (χ2n) is 8.73. The number of halogens is 3. The molecule has 4 aromatic rings. The normalized spacial score (nSPS) is 16.9. The van der Waals surface area contributed by atoms with Crippen LogP contribution in [0.3, 0.4) is 0 Å². The quantitative estimate of drug-likeness (QED) is 0.270. The molecule has 0 saturated heterocycles. The topological polar surface area (TPSA) is 83.3 Å². The highest BCUT2D eigenvalue weighted by atomic mass is 19.4. The van der Waals surface area contributed by atoms with Crippen molar-refractivity contribution in [3.8, 4) is 11.4 Å². The lowest BCUT2D eigenvalue weighted by Crippen LogP contribution is -2.47. The molecule has 0 N–H and O–H groups in total. The van der Waals surface area contributed by atoms with Gasteiger partial charge in [-0.1, -0.05) is 12.1 Å². The average molecular weight is 511 g/mol. The smallest absolute Gasteiger partial charge is 0.434 e. The van der Waals surface area contributed by atoms with Gasteiger partial charge in [0, 0.05) is 17.0 Å². The summed E-state index contributed by atoms with van der Waals surface area (Å²) in [6.45, 7) is 1.72. The molecule has 0 spiro atoms. The standard InChI is InChI=1S/C26H22F3N4O4/c1-4-37-25(35)18-12-31-32(23(18)26(27,28)29)19-13-30-22-21-17(19)6-5-7-20(21)33(2,24(22)34)14-15-8-10-16(36-3)11-9-15/h5-13H,4,14H2,1-3H3/q+1. The van der Waals surface area contributed by atoms with Gasteiger partial charge >= 0.3 is 18.1 Å². The Kier molecular flexibility index (Phi) is 5.75. The van der Waals surface area contributed by atoms with Crippen LogP contribution in [0.4, 0.5) is 18.9 Å². The Labute approximate surface area is 209 Å². The van der Waals surface area contributed by atoms with Crippen LogP contribution in [0.1, 0.15) is 39.0 Å². The Bertz CT molecular complexity index is 1550. The van der Waals surface area contributed by atoms with Gasteiger partial charge in [0.15, 0.2) is 17.1 Å². The monoisotopic (exact) mass is 511 g/mol. The Hall–Kier alpha value is -4.25. The summed E-state index contributed by atoms with van der Waals surface area (Å²) in [5.41, 5.74) is -0.339. The minimum Gasteiger partial charge on any atom is -0.497 e. The van der Waals surface area contributed by atoms with E-state index in [1.165, 1.54) is 13.1 Å². The van der Waals surface area contributed by atoms with Crippen molar-refractivity contribution in [3.63, 3.8) is 0 Å². The van der Waals surface area contributed by atoms with E-state index in [4.69, 9.17) is 9.47 Å². The molecule has 0 radical (unpaired) electrons. The molecule has 0 saturated carbocycles. The number of pyridine rings is 1. The molecule has 1 aliphatic rings. The molecular weight excluding hydrogens is 489 g/mol. The van der Waals surface area contributed by atoms with Gasteiger partial charge in [-0.05, 0) is 31.2 Å². The maximum atomic E-state index is 14.1. The van der Waals surface area contributed by atoms with Gasteiger partial charge in [0.1, 0.15) is 17.9 Å². The van der Waals surface area contributed by atoms with Crippen molar-refractivity contribution in [2.24, 2.45) is 0 Å². The summed E-state index contributed by atoms with van der Waals surface area (Å²) >= 11 is 0. The van der Waals surface area contributed by atoms with Gasteiger partial charge in [-0.3, -0.25) is 0 Å². The average Bonchev–Trinajstić information content (AvgIpc) is 3.41. The molecule has 0 aliphatic carbocycles. The number of hydrogen-bond donors (Lipinski definition) is 0. The maximum Gasteiger partial charge on any atom is 0.434 e. The third-order valence-electron chi connectivity index (χ3n) is 6.47. The van der Waals surface area contributed by atoms with Crippen LogP contribution in [0, 0.1) is 0 Å². The molecule has 8 nitrogen and oxygen atoms in total. The number of amides is 1. The van der Waals surface area contributed by atoms with Gasteiger partial charge in [-0.25, -0.2) is 23.7 Å². The first-order valence-electron chi connectivity index (χ1n) is 11.4. The fraction of sp³-hybridized carbons (Fsp3) is 0.231. The van der Waals surface area contributed by atoms with Crippen molar-refractivity contribution in [2.75, 3.05) is 20.8 Å². The van der Waals surface area contributed by atoms with E-state index < -0.39 is 23.4 Å². The van der Waals surface area contributed by atoms with Gasteiger partial charge in [0.25, 0.3) is 0 Å². The summed E-state index contributed by atoms with van der Waals surface area (Å²) in [6.07, 6.45) is -2.89. The zero-order valence-corrected chi connectivity index (χ0v) is 20.2. The van der Waals surface area contributed by atoms with Crippen molar-refractivity contribution in [1.29, 1.82) is 0 Å². The molecule has 1 amide bonds. The van der Waals surface area contributed by atoms with Crippen LogP contribution < -0.4 is 9.22 Å². The van der Waals surface area contributed by atoms with Crippen molar-refractivity contribution in [3.05, 3.63) is 77.4 Å². The summed E-state index contributed by atoms with van der Waals surface area (Å²) in [6, 6.07) is 12.4. The maximum absolute atomic E-state index is 14.1. The lowest BCUT2D eigenvalue weighted by atomic mass is 10.1. The zero-order valence-electron chi connectivity index (χ0n) is 20.2. The predicted octanol–water partition coefficient (Wildman–Crippen LogP) is 4.92. The Balaban J connectivity index is 1.67. The highest BCUT2D eigenvalue weighted by Gasteiger charge is 2.47. The third-order valence-corrected chi connectivity index (χ3v) is 6.47. The predicted molar refractivity (Wildman–Crippen MR) is 129 cm³/mol. The molecule has 1 aliphatic heterocycles. The number of quaternary nitrogens is 1. The van der Waals surface area contributed by atoms with Gasteiger partial charge in [0.2, 0.25) is 0 Å². The molecular formula is C26H22F3N4O4+. The Morgan fingerprint density at radius 1 is 1.11 bits per heavy atom. The Morgan fingerprint density at radius 2 is 1.84 bits per heavy atom. The number of aromatic nitrogens is 3. The fourth-order valence-corrected chi connectivity index (χ4v) is 4.76. The lowest BCUT2D eigenvalue weighted by Gasteiger charge is -2.27. The number of rotatable bonds is 6. The van der Waals surface area contributed by atoms with Crippen LogP contribution >= 0.6 is 0 Å². The highest BCUT2D eigenvalue weighted by molar-refractivity contribution is 6.21. The van der Waals surface area contributed by atoms with Crippen LogP contribution in [0.25, 0.3) is 16.5 Å². The number of hydrogen-bond acceptors (Lipinski definition) is 6. The number of methoxy groups -OCH3 is 1. The fourth-order valence-electron chi connectivity index (χ4n) is 4.76. The van der Waals surface area contributed by atoms with E-state index in [9.17, 15) is 22.8 Å². The SMILES string of the molecule is CCOC(=O)c1cnn(-c2cnc3c4c(cccc24)[N+](C)(Cc2ccc(OC)cc2)C3=O)c1C(F)(F)F. The van der Waals surface area contributed by atoms with E-state index in [2.05, 4.69) is 10.1 Å². The van der Waals surface area contributed by atoms with Gasteiger partial charge in [0.05, 0.1) is 44.2 Å². The molecule has 1 unspecified atom stereocenters. The van der Waals surface area contributed by atoms with E-state index >= 15 is 0 Å². The molecule has 1 atom stereocenters. The second kappa shape index (κ2) is 8.70. The van der Waals surface area contributed by atoms with E-state index in [0.717, 1.165) is 11.8 Å². The van der Waals surface area contributed by atoms with Crippen molar-refractivity contribution >= 4 is 28.3 Å². The largest absolute Gasteiger partial charge is 0.497 e. The summed E-state index contributed by atoms with van der Waals surface area (Å²) < 4.78 is 52.9. The first kappa shape index (κ1) is 24.4. The molecule has 2 aromatic carbocycles. The van der Waals surface area contributed by atoms with Gasteiger partial charge < -0.3 is 9.47 Å². The van der Waals surface area contributed by atoms with E-state index in [0.29, 0.717) is 33.4 Å². The molecule has 37 heavy (non-hydrogen) atoms. The van der Waals surface area contributed by atoms with Gasteiger partial charge in [-0.15, -0.1) is 0 Å². The van der Waals surface area contributed by atoms with Crippen LogP contribution in [0.15, 0.2) is 54.9 Å². The summed E-state index contributed by atoms with van der Waals surface area (Å²) in [7, 11) is 3.31. The molecule has 5 rings (SSSR count). The highest BCUT2D eigenvalue weighted by Crippen LogP contribution is 2.44. The number of alkyl halides is 3. The van der Waals surface area contributed by atoms with Crippen molar-refractivity contribution < 1.29 is 32.2 Å². The number of benzene rings is 2. The van der Waals surface area contributed by atoms with E-state index in [1.807, 2.05) is 12.1 Å². The third kappa shape index (κ3) is 3.82. The summed E-state index contributed by atoms with van der Waals surface area (Å²) in [4.78, 5) is 30.1. The van der Waals surface area contributed by atoms with Crippen LogP contribution in [-0.4, -0.2) is 47.4 Å². The number of esters is 1. The molecule has 0 fully saturated rings. The molecule has 2 aromatic heterocycles. The number of ether oxygens (including phenoxy) is 2. The number of carbonyl (C=O) groups excluding carboxylic acids is 2. The van der Waals surface area contributed by atoms with Crippen LogP contribution in [0.2, 0.25) is 0 Å².